The zero-order chi connectivity index (χ0) is 23.2. The summed E-state index contributed by atoms with van der Waals surface area (Å²) in [5.41, 5.74) is 1.21. The maximum atomic E-state index is 13.3. The Bertz CT molecular complexity index is 1090. The Labute approximate surface area is 184 Å². The summed E-state index contributed by atoms with van der Waals surface area (Å²) in [6, 6.07) is 12.3. The molecule has 0 atom stereocenters. The predicted octanol–water partition coefficient (Wildman–Crippen LogP) is 3.22. The fourth-order valence-electron chi connectivity index (χ4n) is 2.78. The molecule has 0 bridgehead atoms. The van der Waals surface area contributed by atoms with E-state index in [1.807, 2.05) is 13.8 Å². The second kappa shape index (κ2) is 10.3. The molecule has 0 fully saturated rings. The lowest BCUT2D eigenvalue weighted by atomic mass is 10.1. The van der Waals surface area contributed by atoms with Gasteiger partial charge in [0.2, 0.25) is 15.9 Å². The van der Waals surface area contributed by atoms with E-state index in [9.17, 15) is 21.6 Å². The summed E-state index contributed by atoms with van der Waals surface area (Å²) in [5.74, 6) is 0.235. The molecule has 0 aliphatic carbocycles. The van der Waals surface area contributed by atoms with Crippen LogP contribution in [0.1, 0.15) is 32.8 Å². The summed E-state index contributed by atoms with van der Waals surface area (Å²) in [4.78, 5) is 11.3. The SMILES string of the molecule is CC(=O)Nc1ccc(S(=O)(=O)N(CCC(C)C)Cc2ccc(OS(C)(=O)=O)cc2)cc1. The molecular weight excluding hydrogens is 440 g/mol. The van der Waals surface area contributed by atoms with E-state index in [1.54, 1.807) is 24.3 Å². The highest BCUT2D eigenvalue weighted by Crippen LogP contribution is 2.23. The molecule has 0 aliphatic rings. The van der Waals surface area contributed by atoms with Crippen molar-refractivity contribution in [2.24, 2.45) is 5.92 Å². The van der Waals surface area contributed by atoms with Crippen LogP contribution in [0.25, 0.3) is 0 Å². The Morgan fingerprint density at radius 3 is 2.06 bits per heavy atom. The van der Waals surface area contributed by atoms with E-state index in [-0.39, 0.29) is 23.1 Å². The first-order valence-electron chi connectivity index (χ1n) is 9.73. The van der Waals surface area contributed by atoms with Crippen LogP contribution in [0, 0.1) is 5.92 Å². The van der Waals surface area contributed by atoms with Gasteiger partial charge in [0, 0.05) is 25.7 Å². The number of benzene rings is 2. The maximum Gasteiger partial charge on any atom is 0.306 e. The van der Waals surface area contributed by atoms with E-state index in [0.717, 1.165) is 6.26 Å². The van der Waals surface area contributed by atoms with Gasteiger partial charge in [-0.1, -0.05) is 26.0 Å². The Morgan fingerprint density at radius 2 is 1.58 bits per heavy atom. The van der Waals surface area contributed by atoms with Gasteiger partial charge in [0.05, 0.1) is 11.2 Å². The summed E-state index contributed by atoms with van der Waals surface area (Å²) in [6.45, 7) is 5.87. The van der Waals surface area contributed by atoms with Crippen LogP contribution in [-0.4, -0.2) is 39.8 Å². The number of rotatable bonds is 10. The summed E-state index contributed by atoms with van der Waals surface area (Å²) >= 11 is 0. The van der Waals surface area contributed by atoms with Gasteiger partial charge in [-0.2, -0.15) is 12.7 Å². The number of carbonyl (C=O) groups excluding carboxylic acids is 1. The van der Waals surface area contributed by atoms with Gasteiger partial charge in [0.25, 0.3) is 0 Å². The molecule has 0 spiro atoms. The van der Waals surface area contributed by atoms with E-state index < -0.39 is 20.1 Å². The number of nitrogens with zero attached hydrogens (tertiary/aromatic N) is 1. The van der Waals surface area contributed by atoms with Crippen LogP contribution < -0.4 is 9.50 Å². The monoisotopic (exact) mass is 468 g/mol. The molecule has 1 amide bonds. The molecule has 0 saturated carbocycles. The Balaban J connectivity index is 2.26. The highest BCUT2D eigenvalue weighted by Gasteiger charge is 2.25. The molecule has 0 heterocycles. The molecule has 2 aromatic rings. The predicted molar refractivity (Wildman–Crippen MR) is 120 cm³/mol. The van der Waals surface area contributed by atoms with Crippen molar-refractivity contribution in [3.8, 4) is 5.75 Å². The molecule has 10 heteroatoms. The van der Waals surface area contributed by atoms with Crippen LogP contribution in [0.4, 0.5) is 5.69 Å². The van der Waals surface area contributed by atoms with Crippen molar-refractivity contribution < 1.29 is 25.8 Å². The van der Waals surface area contributed by atoms with Gasteiger partial charge in [-0.15, -0.1) is 0 Å². The summed E-state index contributed by atoms with van der Waals surface area (Å²) in [5, 5.41) is 2.61. The zero-order valence-corrected chi connectivity index (χ0v) is 19.7. The highest BCUT2D eigenvalue weighted by atomic mass is 32.2. The number of hydrogen-bond acceptors (Lipinski definition) is 6. The summed E-state index contributed by atoms with van der Waals surface area (Å²) in [6.07, 6.45) is 1.64. The first kappa shape index (κ1) is 24.8. The van der Waals surface area contributed by atoms with Crippen molar-refractivity contribution in [1.82, 2.24) is 4.31 Å². The molecule has 2 aromatic carbocycles. The molecule has 170 valence electrons. The molecular formula is C21H28N2O6S2. The number of anilines is 1. The van der Waals surface area contributed by atoms with Gasteiger partial charge in [-0.05, 0) is 54.3 Å². The number of carbonyl (C=O) groups is 1. The third-order valence-electron chi connectivity index (χ3n) is 4.30. The molecule has 2 rings (SSSR count). The first-order chi connectivity index (χ1) is 14.4. The van der Waals surface area contributed by atoms with E-state index >= 15 is 0 Å². The fraction of sp³-hybridized carbons (Fsp3) is 0.381. The standard InChI is InChI=1S/C21H28N2O6S2/c1-16(2)13-14-23(15-18-5-9-20(10-6-18)29-30(4,25)26)31(27,28)21-11-7-19(8-12-21)22-17(3)24/h5-12,16H,13-15H2,1-4H3,(H,22,24). The second-order valence-electron chi connectivity index (χ2n) is 7.66. The Hall–Kier alpha value is -2.43. The number of sulfonamides is 1. The largest absolute Gasteiger partial charge is 0.383 e. The average molecular weight is 469 g/mol. The molecule has 31 heavy (non-hydrogen) atoms. The van der Waals surface area contributed by atoms with Crippen LogP contribution in [0.5, 0.6) is 5.75 Å². The molecule has 0 unspecified atom stereocenters. The van der Waals surface area contributed by atoms with Gasteiger partial charge >= 0.3 is 10.1 Å². The lowest BCUT2D eigenvalue weighted by Gasteiger charge is -2.23. The number of nitrogens with one attached hydrogen (secondary N) is 1. The van der Waals surface area contributed by atoms with Crippen molar-refractivity contribution in [2.45, 2.75) is 38.6 Å². The minimum absolute atomic E-state index is 0.127. The third kappa shape index (κ3) is 7.97. The second-order valence-corrected chi connectivity index (χ2v) is 11.2. The van der Waals surface area contributed by atoms with E-state index in [1.165, 1.54) is 35.5 Å². The van der Waals surface area contributed by atoms with Gasteiger partial charge in [0.15, 0.2) is 0 Å². The van der Waals surface area contributed by atoms with Gasteiger partial charge in [-0.3, -0.25) is 4.79 Å². The lowest BCUT2D eigenvalue weighted by Crippen LogP contribution is -2.32. The quantitative estimate of drug-likeness (QED) is 0.536. The molecule has 0 saturated heterocycles. The first-order valence-corrected chi connectivity index (χ1v) is 13.0. The van der Waals surface area contributed by atoms with Crippen LogP contribution in [0.3, 0.4) is 0 Å². The molecule has 0 radical (unpaired) electrons. The number of hydrogen-bond donors (Lipinski definition) is 1. The van der Waals surface area contributed by atoms with Gasteiger partial charge in [0.1, 0.15) is 5.75 Å². The average Bonchev–Trinajstić information content (AvgIpc) is 2.65. The molecule has 0 aromatic heterocycles. The van der Waals surface area contributed by atoms with Crippen molar-refractivity contribution >= 4 is 31.7 Å². The normalized spacial score (nSPS) is 12.2. The van der Waals surface area contributed by atoms with E-state index in [2.05, 4.69) is 5.32 Å². The molecule has 1 N–H and O–H groups in total. The highest BCUT2D eigenvalue weighted by molar-refractivity contribution is 7.89. The maximum absolute atomic E-state index is 13.3. The van der Waals surface area contributed by atoms with Crippen LogP contribution >= 0.6 is 0 Å². The minimum atomic E-state index is -3.79. The molecule has 8 nitrogen and oxygen atoms in total. The van der Waals surface area contributed by atoms with Gasteiger partial charge < -0.3 is 9.50 Å². The van der Waals surface area contributed by atoms with E-state index in [0.29, 0.717) is 30.1 Å². The van der Waals surface area contributed by atoms with Crippen LogP contribution in [0.2, 0.25) is 0 Å². The van der Waals surface area contributed by atoms with Crippen LogP contribution in [-0.2, 0) is 31.5 Å². The number of amides is 1. The van der Waals surface area contributed by atoms with Gasteiger partial charge in [-0.25, -0.2) is 8.42 Å². The van der Waals surface area contributed by atoms with Crippen molar-refractivity contribution in [1.29, 1.82) is 0 Å². The summed E-state index contributed by atoms with van der Waals surface area (Å²) < 4.78 is 55.3. The third-order valence-corrected chi connectivity index (χ3v) is 6.65. The Morgan fingerprint density at radius 1 is 1.00 bits per heavy atom. The topological polar surface area (TPSA) is 110 Å². The lowest BCUT2D eigenvalue weighted by molar-refractivity contribution is -0.114. The van der Waals surface area contributed by atoms with Crippen LogP contribution in [0.15, 0.2) is 53.4 Å². The summed E-state index contributed by atoms with van der Waals surface area (Å²) in [7, 11) is -7.42. The van der Waals surface area contributed by atoms with E-state index in [4.69, 9.17) is 4.18 Å². The molecule has 0 aliphatic heterocycles. The Kier molecular flexibility index (Phi) is 8.21. The minimum Gasteiger partial charge on any atom is -0.383 e. The van der Waals surface area contributed by atoms with Crippen molar-refractivity contribution in [3.63, 3.8) is 0 Å². The zero-order valence-electron chi connectivity index (χ0n) is 18.0. The smallest absolute Gasteiger partial charge is 0.306 e. The van der Waals surface area contributed by atoms with Crippen molar-refractivity contribution in [2.75, 3.05) is 18.1 Å². The van der Waals surface area contributed by atoms with Crippen molar-refractivity contribution in [3.05, 3.63) is 54.1 Å². The fourth-order valence-corrected chi connectivity index (χ4v) is 4.68.